The molecular formula is C19H20N2O3S. The number of nitrogens with one attached hydrogen (secondary N) is 1. The van der Waals surface area contributed by atoms with Crippen LogP contribution in [0.25, 0.3) is 10.2 Å². The van der Waals surface area contributed by atoms with Crippen molar-refractivity contribution < 1.29 is 14.6 Å². The molecule has 0 fully saturated rings. The number of nitrogens with zero attached hydrogens (tertiary/aromatic N) is 1. The Morgan fingerprint density at radius 3 is 2.72 bits per heavy atom. The van der Waals surface area contributed by atoms with Crippen molar-refractivity contribution in [2.24, 2.45) is 0 Å². The number of ether oxygens (including phenoxy) is 1. The van der Waals surface area contributed by atoms with Crippen LogP contribution in [0.15, 0.2) is 36.4 Å². The number of aliphatic hydroxyl groups is 1. The normalized spacial score (nSPS) is 12.3. The van der Waals surface area contributed by atoms with E-state index < -0.39 is 6.10 Å². The molecule has 0 aliphatic rings. The molecular weight excluding hydrogens is 336 g/mol. The molecule has 0 aliphatic heterocycles. The van der Waals surface area contributed by atoms with Crippen LogP contribution in [0, 0.1) is 6.92 Å². The van der Waals surface area contributed by atoms with Crippen LogP contribution in [0.5, 0.6) is 0 Å². The van der Waals surface area contributed by atoms with Gasteiger partial charge in [-0.2, -0.15) is 0 Å². The lowest BCUT2D eigenvalue weighted by Crippen LogP contribution is -2.13. The van der Waals surface area contributed by atoms with Gasteiger partial charge >= 0.3 is 0 Å². The average molecular weight is 356 g/mol. The molecule has 0 bridgehead atoms. The molecule has 1 amide bonds. The molecule has 2 aromatic heterocycles. The second-order valence-corrected chi connectivity index (χ2v) is 6.90. The lowest BCUT2D eigenvalue weighted by Gasteiger charge is -2.11. The zero-order valence-corrected chi connectivity index (χ0v) is 15.2. The van der Waals surface area contributed by atoms with E-state index in [2.05, 4.69) is 10.3 Å². The first kappa shape index (κ1) is 17.5. The fraction of sp³-hybridized carbons (Fsp3) is 0.263. The Morgan fingerprint density at radius 1 is 1.36 bits per heavy atom. The number of aromatic nitrogens is 1. The van der Waals surface area contributed by atoms with E-state index in [0.717, 1.165) is 21.5 Å². The van der Waals surface area contributed by atoms with Gasteiger partial charge in [-0.15, -0.1) is 11.3 Å². The summed E-state index contributed by atoms with van der Waals surface area (Å²) in [5.41, 5.74) is 2.99. The summed E-state index contributed by atoms with van der Waals surface area (Å²) in [5.74, 6) is -0.217. The highest BCUT2D eigenvalue weighted by Gasteiger charge is 2.22. The minimum absolute atomic E-state index is 0.217. The molecule has 0 unspecified atom stereocenters. The van der Waals surface area contributed by atoms with E-state index in [1.54, 1.807) is 26.2 Å². The molecule has 2 heterocycles. The number of hydrogen-bond acceptors (Lipinski definition) is 5. The van der Waals surface area contributed by atoms with Gasteiger partial charge in [0.15, 0.2) is 0 Å². The van der Waals surface area contributed by atoms with Crippen molar-refractivity contribution in [3.63, 3.8) is 0 Å². The highest BCUT2D eigenvalue weighted by molar-refractivity contribution is 7.19. The van der Waals surface area contributed by atoms with Crippen molar-refractivity contribution in [2.75, 3.05) is 12.4 Å². The standard InChI is InChI=1S/C19H20N2O3S/c1-11-9-14(10-24-3)15-16(17(12(2)22)25-19(15)20-11)21-18(23)13-7-5-4-6-8-13/h4-9,12,22H,10H2,1-3H3,(H,21,23)/t12-/m1/s1. The number of fused-ring (bicyclic) bond motifs is 1. The van der Waals surface area contributed by atoms with Crippen LogP contribution in [0.2, 0.25) is 0 Å². The number of aliphatic hydroxyl groups excluding tert-OH is 1. The van der Waals surface area contributed by atoms with Gasteiger partial charge in [0.1, 0.15) is 4.83 Å². The lowest BCUT2D eigenvalue weighted by molar-refractivity contribution is 0.102. The third kappa shape index (κ3) is 3.56. The molecule has 3 rings (SSSR count). The Morgan fingerprint density at radius 2 is 2.08 bits per heavy atom. The molecule has 0 spiro atoms. The zero-order chi connectivity index (χ0) is 18.0. The van der Waals surface area contributed by atoms with E-state index in [1.807, 2.05) is 31.2 Å². The van der Waals surface area contributed by atoms with Crippen molar-refractivity contribution in [3.8, 4) is 0 Å². The Kier molecular flexibility index (Phi) is 5.13. The van der Waals surface area contributed by atoms with Crippen LogP contribution in [0.3, 0.4) is 0 Å². The number of rotatable bonds is 5. The zero-order valence-electron chi connectivity index (χ0n) is 14.4. The molecule has 0 radical (unpaired) electrons. The number of amides is 1. The smallest absolute Gasteiger partial charge is 0.255 e. The predicted octanol–water partition coefficient (Wildman–Crippen LogP) is 4.06. The summed E-state index contributed by atoms with van der Waals surface area (Å²) in [6.07, 6.45) is -0.707. The van der Waals surface area contributed by atoms with Crippen molar-refractivity contribution in [1.82, 2.24) is 4.98 Å². The van der Waals surface area contributed by atoms with Crippen molar-refractivity contribution in [3.05, 3.63) is 58.1 Å². The van der Waals surface area contributed by atoms with Gasteiger partial charge < -0.3 is 15.2 Å². The number of aryl methyl sites for hydroxylation is 1. The molecule has 3 aromatic rings. The van der Waals surface area contributed by atoms with Gasteiger partial charge in [-0.1, -0.05) is 18.2 Å². The van der Waals surface area contributed by atoms with E-state index in [-0.39, 0.29) is 5.91 Å². The van der Waals surface area contributed by atoms with Crippen LogP contribution in [-0.4, -0.2) is 23.1 Å². The third-order valence-corrected chi connectivity index (χ3v) is 5.11. The van der Waals surface area contributed by atoms with Crippen LogP contribution < -0.4 is 5.32 Å². The molecule has 0 saturated heterocycles. The second kappa shape index (κ2) is 7.31. The lowest BCUT2D eigenvalue weighted by atomic mass is 10.1. The average Bonchev–Trinajstić information content (AvgIpc) is 2.94. The van der Waals surface area contributed by atoms with Crippen LogP contribution >= 0.6 is 11.3 Å². The molecule has 25 heavy (non-hydrogen) atoms. The molecule has 5 nitrogen and oxygen atoms in total. The monoisotopic (exact) mass is 356 g/mol. The van der Waals surface area contributed by atoms with E-state index in [1.165, 1.54) is 11.3 Å². The molecule has 0 aliphatic carbocycles. The Labute approximate surface area is 150 Å². The number of hydrogen-bond donors (Lipinski definition) is 2. The van der Waals surface area contributed by atoms with E-state index in [0.29, 0.717) is 22.7 Å². The predicted molar refractivity (Wildman–Crippen MR) is 100 cm³/mol. The van der Waals surface area contributed by atoms with Crippen molar-refractivity contribution in [1.29, 1.82) is 0 Å². The highest BCUT2D eigenvalue weighted by Crippen LogP contribution is 2.41. The first-order chi connectivity index (χ1) is 12.0. The maximum Gasteiger partial charge on any atom is 0.255 e. The topological polar surface area (TPSA) is 71.5 Å². The number of pyridine rings is 1. The van der Waals surface area contributed by atoms with Crippen molar-refractivity contribution in [2.45, 2.75) is 26.6 Å². The Bertz CT molecular complexity index is 904. The van der Waals surface area contributed by atoms with Crippen LogP contribution in [0.4, 0.5) is 5.69 Å². The molecule has 6 heteroatoms. The van der Waals surface area contributed by atoms with E-state index in [9.17, 15) is 9.90 Å². The number of thiophene rings is 1. The number of benzene rings is 1. The van der Waals surface area contributed by atoms with Gasteiger partial charge in [0.25, 0.3) is 5.91 Å². The largest absolute Gasteiger partial charge is 0.388 e. The summed E-state index contributed by atoms with van der Waals surface area (Å²) >= 11 is 1.39. The SMILES string of the molecule is COCc1cc(C)nc2sc([C@@H](C)O)c(NC(=O)c3ccccc3)c12. The van der Waals surface area contributed by atoms with Gasteiger partial charge in [0.2, 0.25) is 0 Å². The maximum absolute atomic E-state index is 12.6. The fourth-order valence-electron chi connectivity index (χ4n) is 2.79. The summed E-state index contributed by atoms with van der Waals surface area (Å²) in [6, 6.07) is 11.0. The molecule has 130 valence electrons. The summed E-state index contributed by atoms with van der Waals surface area (Å²) in [5, 5.41) is 14.0. The van der Waals surface area contributed by atoms with Crippen LogP contribution in [-0.2, 0) is 11.3 Å². The van der Waals surface area contributed by atoms with Gasteiger partial charge in [-0.05, 0) is 37.6 Å². The fourth-order valence-corrected chi connectivity index (χ4v) is 3.95. The van der Waals surface area contributed by atoms with Gasteiger partial charge in [-0.25, -0.2) is 4.98 Å². The quantitative estimate of drug-likeness (QED) is 0.723. The molecule has 1 atom stereocenters. The first-order valence-electron chi connectivity index (χ1n) is 7.97. The number of carbonyl (C=O) groups is 1. The summed E-state index contributed by atoms with van der Waals surface area (Å²) < 4.78 is 5.31. The van der Waals surface area contributed by atoms with Crippen molar-refractivity contribution >= 4 is 33.1 Å². The first-order valence-corrected chi connectivity index (χ1v) is 8.79. The van der Waals surface area contributed by atoms with E-state index in [4.69, 9.17) is 4.74 Å². The maximum atomic E-state index is 12.6. The number of methoxy groups -OCH3 is 1. The third-order valence-electron chi connectivity index (χ3n) is 3.85. The summed E-state index contributed by atoms with van der Waals surface area (Å²) in [6.45, 7) is 4.01. The number of anilines is 1. The minimum Gasteiger partial charge on any atom is -0.388 e. The Hall–Kier alpha value is -2.28. The van der Waals surface area contributed by atoms with Gasteiger partial charge in [-0.3, -0.25) is 4.79 Å². The summed E-state index contributed by atoms with van der Waals surface area (Å²) in [4.78, 5) is 18.7. The molecule has 0 saturated carbocycles. The second-order valence-electron chi connectivity index (χ2n) is 5.87. The number of carbonyl (C=O) groups excluding carboxylic acids is 1. The summed E-state index contributed by atoms with van der Waals surface area (Å²) in [7, 11) is 1.63. The molecule has 1 aromatic carbocycles. The molecule has 2 N–H and O–H groups in total. The van der Waals surface area contributed by atoms with Crippen LogP contribution in [0.1, 0.15) is 39.5 Å². The minimum atomic E-state index is -0.707. The van der Waals surface area contributed by atoms with Gasteiger partial charge in [0.05, 0.1) is 23.3 Å². The highest BCUT2D eigenvalue weighted by atomic mass is 32.1. The Balaban J connectivity index is 2.14. The van der Waals surface area contributed by atoms with Gasteiger partial charge in [0, 0.05) is 23.8 Å². The van der Waals surface area contributed by atoms with E-state index >= 15 is 0 Å².